The molecule has 0 saturated carbocycles. The quantitative estimate of drug-likeness (QED) is 0.631. The number of rotatable bonds is 3. The van der Waals surface area contributed by atoms with Crippen LogP contribution in [0.25, 0.3) is 0 Å². The van der Waals surface area contributed by atoms with E-state index >= 15 is 0 Å². The Kier molecular flexibility index (Phi) is 2.64. The second-order valence-corrected chi connectivity index (χ2v) is 3.26. The zero-order chi connectivity index (χ0) is 11.5. The molecule has 1 heterocycles. The van der Waals surface area contributed by atoms with Gasteiger partial charge in [0, 0.05) is 17.3 Å². The summed E-state index contributed by atoms with van der Waals surface area (Å²) in [6.07, 6.45) is 1.45. The molecule has 0 aliphatic rings. The predicted molar refractivity (Wildman–Crippen MR) is 59.5 cm³/mol. The Morgan fingerprint density at radius 1 is 1.38 bits per heavy atom. The Bertz CT molecular complexity index is 503. The van der Waals surface area contributed by atoms with Crippen LogP contribution < -0.4 is 10.5 Å². The first-order valence-corrected chi connectivity index (χ1v) is 4.74. The van der Waals surface area contributed by atoms with E-state index in [1.807, 2.05) is 0 Å². The monoisotopic (exact) mass is 217 g/mol. The Hall–Kier alpha value is -2.23. The van der Waals surface area contributed by atoms with Gasteiger partial charge in [-0.25, -0.2) is 0 Å². The lowest BCUT2D eigenvalue weighted by Gasteiger charge is -2.05. The van der Waals surface area contributed by atoms with Crippen LogP contribution in [0.15, 0.2) is 41.0 Å². The first-order valence-electron chi connectivity index (χ1n) is 4.74. The van der Waals surface area contributed by atoms with Crippen LogP contribution in [0.3, 0.4) is 0 Å². The predicted octanol–water partition coefficient (Wildman–Crippen LogP) is 2.10. The highest BCUT2D eigenvalue weighted by Crippen LogP contribution is 2.22. The minimum Gasteiger partial charge on any atom is -0.497 e. The molecule has 2 aromatic rings. The molecule has 0 atom stereocenters. The first kappa shape index (κ1) is 10.3. The molecule has 0 fully saturated rings. The van der Waals surface area contributed by atoms with Crippen molar-refractivity contribution in [2.75, 3.05) is 12.8 Å². The van der Waals surface area contributed by atoms with Crippen molar-refractivity contribution in [2.45, 2.75) is 0 Å². The first-order chi connectivity index (χ1) is 7.72. The number of carbonyl (C=O) groups excluding carboxylic acids is 1. The zero-order valence-electron chi connectivity index (χ0n) is 8.77. The van der Waals surface area contributed by atoms with E-state index in [0.717, 1.165) is 0 Å². The molecule has 4 heteroatoms. The summed E-state index contributed by atoms with van der Waals surface area (Å²) in [4.78, 5) is 11.9. The van der Waals surface area contributed by atoms with E-state index in [0.29, 0.717) is 17.0 Å². The number of nitrogens with two attached hydrogens (primary N) is 1. The number of furan rings is 1. The second kappa shape index (κ2) is 4.10. The second-order valence-electron chi connectivity index (χ2n) is 3.26. The van der Waals surface area contributed by atoms with E-state index in [2.05, 4.69) is 0 Å². The maximum Gasteiger partial charge on any atom is 0.230 e. The summed E-state index contributed by atoms with van der Waals surface area (Å²) in [5, 5.41) is 0. The molecule has 1 aromatic carbocycles. The highest BCUT2D eigenvalue weighted by molar-refractivity contribution is 6.10. The van der Waals surface area contributed by atoms with E-state index in [4.69, 9.17) is 14.9 Å². The van der Waals surface area contributed by atoms with E-state index in [-0.39, 0.29) is 11.5 Å². The highest BCUT2D eigenvalue weighted by Gasteiger charge is 2.14. The van der Waals surface area contributed by atoms with Gasteiger partial charge in [0.15, 0.2) is 5.76 Å². The smallest absolute Gasteiger partial charge is 0.230 e. The summed E-state index contributed by atoms with van der Waals surface area (Å²) in [5.74, 6) is 0.663. The van der Waals surface area contributed by atoms with Crippen LogP contribution in [0.4, 0.5) is 5.69 Å². The van der Waals surface area contributed by atoms with Crippen LogP contribution in [0.5, 0.6) is 5.75 Å². The molecular weight excluding hydrogens is 206 g/mol. The number of ketones is 1. The van der Waals surface area contributed by atoms with Crippen molar-refractivity contribution in [1.82, 2.24) is 0 Å². The average Bonchev–Trinajstić information content (AvgIpc) is 2.81. The largest absolute Gasteiger partial charge is 0.497 e. The fraction of sp³-hybridized carbons (Fsp3) is 0.0833. The summed E-state index contributed by atoms with van der Waals surface area (Å²) in [7, 11) is 1.54. The van der Waals surface area contributed by atoms with E-state index in [1.54, 1.807) is 37.4 Å². The van der Waals surface area contributed by atoms with Crippen LogP contribution in [0, 0.1) is 0 Å². The molecule has 82 valence electrons. The van der Waals surface area contributed by atoms with Crippen LogP contribution in [-0.4, -0.2) is 12.9 Å². The van der Waals surface area contributed by atoms with Crippen molar-refractivity contribution >= 4 is 11.5 Å². The SMILES string of the molecule is COc1ccc(C(=O)c2ccco2)c(N)c1. The minimum atomic E-state index is -0.231. The number of benzene rings is 1. The lowest BCUT2D eigenvalue weighted by Crippen LogP contribution is -2.04. The van der Waals surface area contributed by atoms with Gasteiger partial charge < -0.3 is 14.9 Å². The third-order valence-corrected chi connectivity index (χ3v) is 2.25. The molecule has 4 nitrogen and oxygen atoms in total. The molecular formula is C12H11NO3. The van der Waals surface area contributed by atoms with Crippen LogP contribution in [0.1, 0.15) is 16.1 Å². The number of hydrogen-bond donors (Lipinski definition) is 1. The molecule has 2 rings (SSSR count). The number of hydrogen-bond acceptors (Lipinski definition) is 4. The number of anilines is 1. The lowest BCUT2D eigenvalue weighted by atomic mass is 10.1. The number of methoxy groups -OCH3 is 1. The number of carbonyl (C=O) groups is 1. The molecule has 1 aromatic heterocycles. The normalized spacial score (nSPS) is 10.1. The summed E-state index contributed by atoms with van der Waals surface area (Å²) in [5.41, 5.74) is 6.55. The van der Waals surface area contributed by atoms with Crippen molar-refractivity contribution in [1.29, 1.82) is 0 Å². The number of ether oxygens (including phenoxy) is 1. The van der Waals surface area contributed by atoms with Crippen LogP contribution in [-0.2, 0) is 0 Å². The Morgan fingerprint density at radius 2 is 2.19 bits per heavy atom. The fourth-order valence-corrected chi connectivity index (χ4v) is 1.42. The van der Waals surface area contributed by atoms with Gasteiger partial charge in [-0.15, -0.1) is 0 Å². The van der Waals surface area contributed by atoms with Gasteiger partial charge >= 0.3 is 0 Å². The zero-order valence-corrected chi connectivity index (χ0v) is 8.77. The minimum absolute atomic E-state index is 0.231. The van der Waals surface area contributed by atoms with E-state index in [1.165, 1.54) is 6.26 Å². The van der Waals surface area contributed by atoms with Crippen molar-refractivity contribution in [2.24, 2.45) is 0 Å². The Balaban J connectivity index is 2.38. The van der Waals surface area contributed by atoms with Gasteiger partial charge in [0.1, 0.15) is 5.75 Å². The van der Waals surface area contributed by atoms with Gasteiger partial charge in [-0.2, -0.15) is 0 Å². The van der Waals surface area contributed by atoms with Gasteiger partial charge in [-0.3, -0.25) is 4.79 Å². The summed E-state index contributed by atoms with van der Waals surface area (Å²) < 4.78 is 10.0. The van der Waals surface area contributed by atoms with Crippen LogP contribution >= 0.6 is 0 Å². The van der Waals surface area contributed by atoms with E-state index < -0.39 is 0 Å². The van der Waals surface area contributed by atoms with Crippen molar-refractivity contribution < 1.29 is 13.9 Å². The standard InChI is InChI=1S/C12H11NO3/c1-15-8-4-5-9(10(13)7-8)12(14)11-3-2-6-16-11/h2-7H,13H2,1H3. The van der Waals surface area contributed by atoms with Gasteiger partial charge in [-0.05, 0) is 24.3 Å². The molecule has 2 N–H and O–H groups in total. The molecule has 0 saturated heterocycles. The van der Waals surface area contributed by atoms with Gasteiger partial charge in [0.2, 0.25) is 5.78 Å². The molecule has 0 unspecified atom stereocenters. The molecule has 0 spiro atoms. The molecule has 0 bridgehead atoms. The third-order valence-electron chi connectivity index (χ3n) is 2.25. The molecule has 0 radical (unpaired) electrons. The average molecular weight is 217 g/mol. The summed E-state index contributed by atoms with van der Waals surface area (Å²) in [6.45, 7) is 0. The summed E-state index contributed by atoms with van der Waals surface area (Å²) >= 11 is 0. The van der Waals surface area contributed by atoms with Gasteiger partial charge in [-0.1, -0.05) is 0 Å². The maximum atomic E-state index is 11.9. The van der Waals surface area contributed by atoms with Crippen molar-refractivity contribution in [3.05, 3.63) is 47.9 Å². The lowest BCUT2D eigenvalue weighted by molar-refractivity contribution is 0.101. The Labute approximate surface area is 92.6 Å². The third kappa shape index (κ3) is 1.77. The Morgan fingerprint density at radius 3 is 2.75 bits per heavy atom. The molecule has 0 aliphatic heterocycles. The van der Waals surface area contributed by atoms with Crippen LogP contribution in [0.2, 0.25) is 0 Å². The van der Waals surface area contributed by atoms with Crippen molar-refractivity contribution in [3.63, 3.8) is 0 Å². The molecule has 16 heavy (non-hydrogen) atoms. The topological polar surface area (TPSA) is 65.5 Å². The van der Waals surface area contributed by atoms with Gasteiger partial charge in [0.25, 0.3) is 0 Å². The van der Waals surface area contributed by atoms with Gasteiger partial charge in [0.05, 0.1) is 13.4 Å². The summed E-state index contributed by atoms with van der Waals surface area (Å²) in [6, 6.07) is 8.18. The van der Waals surface area contributed by atoms with Crippen molar-refractivity contribution in [3.8, 4) is 5.75 Å². The fourth-order valence-electron chi connectivity index (χ4n) is 1.42. The highest BCUT2D eigenvalue weighted by atomic mass is 16.5. The van der Waals surface area contributed by atoms with E-state index in [9.17, 15) is 4.79 Å². The molecule has 0 aliphatic carbocycles. The maximum absolute atomic E-state index is 11.9. The number of nitrogen functional groups attached to an aromatic ring is 1. The molecule has 0 amide bonds.